The molecule has 1 saturated heterocycles. The second kappa shape index (κ2) is 12.9. The van der Waals surface area contributed by atoms with Crippen LogP contribution in [0.5, 0.6) is 11.5 Å². The molecule has 1 fully saturated rings. The van der Waals surface area contributed by atoms with Crippen molar-refractivity contribution < 1.29 is 22.6 Å². The van der Waals surface area contributed by atoms with Gasteiger partial charge in [0.05, 0.1) is 19.5 Å². The molecule has 0 radical (unpaired) electrons. The van der Waals surface area contributed by atoms with Gasteiger partial charge in [0, 0.05) is 26.3 Å². The maximum Gasteiger partial charge on any atom is 0.217 e. The molecule has 0 N–H and O–H groups in total. The van der Waals surface area contributed by atoms with E-state index < -0.39 is 15.3 Å². The van der Waals surface area contributed by atoms with E-state index in [1.54, 1.807) is 18.5 Å². The minimum atomic E-state index is -3.58. The van der Waals surface area contributed by atoms with Crippen molar-refractivity contribution in [2.24, 2.45) is 5.92 Å². The number of nitrogens with zero attached hydrogens (tertiary/aromatic N) is 1. The van der Waals surface area contributed by atoms with Crippen LogP contribution in [0.1, 0.15) is 43.2 Å². The topological polar surface area (TPSA) is 65.1 Å². The number of methoxy groups -OCH3 is 2. The van der Waals surface area contributed by atoms with Gasteiger partial charge >= 0.3 is 0 Å². The van der Waals surface area contributed by atoms with Crippen LogP contribution in [0.25, 0.3) is 0 Å². The maximum absolute atomic E-state index is 14.1. The summed E-state index contributed by atoms with van der Waals surface area (Å²) in [7, 11) is -0.338. The van der Waals surface area contributed by atoms with Gasteiger partial charge in [-0.1, -0.05) is 30.3 Å². The summed E-state index contributed by atoms with van der Waals surface area (Å²) in [5.41, 5.74) is 1.85. The molecule has 1 aliphatic heterocycles. The summed E-state index contributed by atoms with van der Waals surface area (Å²) in [6.07, 6.45) is 5.54. The molecule has 0 unspecified atom stereocenters. The van der Waals surface area contributed by atoms with Gasteiger partial charge in [-0.05, 0) is 73.4 Å². The van der Waals surface area contributed by atoms with Crippen molar-refractivity contribution in [3.63, 3.8) is 0 Å². The zero-order valence-corrected chi connectivity index (χ0v) is 21.1. The van der Waals surface area contributed by atoms with Gasteiger partial charge in [-0.25, -0.2) is 8.42 Å². The number of hydrogen-bond donors (Lipinski definition) is 0. The van der Waals surface area contributed by atoms with Gasteiger partial charge < -0.3 is 14.2 Å². The van der Waals surface area contributed by atoms with Crippen LogP contribution < -0.4 is 9.47 Å². The molecule has 6 nitrogen and oxygen atoms in total. The summed E-state index contributed by atoms with van der Waals surface area (Å²) < 4.78 is 45.8. The molecule has 1 aliphatic rings. The smallest absolute Gasteiger partial charge is 0.217 e. The van der Waals surface area contributed by atoms with Gasteiger partial charge in [0.25, 0.3) is 0 Å². The van der Waals surface area contributed by atoms with Crippen molar-refractivity contribution in [1.29, 1.82) is 0 Å². The summed E-state index contributed by atoms with van der Waals surface area (Å²) in [5.74, 6) is 1.86. The van der Waals surface area contributed by atoms with Gasteiger partial charge in [0.15, 0.2) is 0 Å². The third kappa shape index (κ3) is 7.32. The lowest BCUT2D eigenvalue weighted by Crippen LogP contribution is -2.39. The second-order valence-electron chi connectivity index (χ2n) is 8.79. The highest BCUT2D eigenvalue weighted by atomic mass is 32.2. The standard InChI is InChI=1S/C27H37NO5S/c1-4-5-6-27(19-22-15-17-33-18-16-22)34(29,30)28(20-23-7-11-25(31-2)12-8-23)21-24-9-13-26(32-3)14-10-24/h4,7-14,22,27H,1,5-6,15-21H2,2-3H3/t27-/m1/s1. The van der Waals surface area contributed by atoms with Crippen LogP contribution in [-0.2, 0) is 27.8 Å². The maximum atomic E-state index is 14.1. The highest BCUT2D eigenvalue weighted by molar-refractivity contribution is 7.89. The monoisotopic (exact) mass is 487 g/mol. The van der Waals surface area contributed by atoms with Crippen LogP contribution in [0.4, 0.5) is 0 Å². The predicted molar refractivity (Wildman–Crippen MR) is 136 cm³/mol. The van der Waals surface area contributed by atoms with Crippen molar-refractivity contribution in [3.8, 4) is 11.5 Å². The van der Waals surface area contributed by atoms with Crippen LogP contribution in [0.3, 0.4) is 0 Å². The van der Waals surface area contributed by atoms with E-state index in [4.69, 9.17) is 14.2 Å². The highest BCUT2D eigenvalue weighted by Crippen LogP contribution is 2.29. The fourth-order valence-electron chi connectivity index (χ4n) is 4.36. The van der Waals surface area contributed by atoms with Crippen molar-refractivity contribution in [1.82, 2.24) is 4.31 Å². The van der Waals surface area contributed by atoms with E-state index in [1.807, 2.05) is 54.6 Å². The predicted octanol–water partition coefficient (Wildman–Crippen LogP) is 5.19. The first kappa shape index (κ1) is 26.3. The first-order chi connectivity index (χ1) is 16.5. The van der Waals surface area contributed by atoms with Crippen LogP contribution in [-0.4, -0.2) is 45.4 Å². The first-order valence-corrected chi connectivity index (χ1v) is 13.4. The molecule has 2 aromatic carbocycles. The number of allylic oxidation sites excluding steroid dienone is 1. The van der Waals surface area contributed by atoms with Crippen LogP contribution >= 0.6 is 0 Å². The lowest BCUT2D eigenvalue weighted by atomic mass is 9.93. The molecule has 1 atom stereocenters. The number of sulfonamides is 1. The van der Waals surface area contributed by atoms with Crippen LogP contribution in [0.15, 0.2) is 61.2 Å². The molecule has 0 aromatic heterocycles. The SMILES string of the molecule is C=CCC[C@H](CC1CCOCC1)S(=O)(=O)N(Cc1ccc(OC)cc1)Cc1ccc(OC)cc1. The second-order valence-corrected chi connectivity index (χ2v) is 11.0. The normalized spacial score (nSPS) is 15.7. The zero-order chi connectivity index (χ0) is 24.4. The number of hydrogen-bond acceptors (Lipinski definition) is 5. The van der Waals surface area contributed by atoms with Crippen molar-refractivity contribution in [2.75, 3.05) is 27.4 Å². The Morgan fingerprint density at radius 3 is 1.91 bits per heavy atom. The molecule has 34 heavy (non-hydrogen) atoms. The van der Waals surface area contributed by atoms with Crippen molar-refractivity contribution >= 4 is 10.0 Å². The van der Waals surface area contributed by atoms with Crippen molar-refractivity contribution in [3.05, 3.63) is 72.3 Å². The van der Waals surface area contributed by atoms with E-state index in [2.05, 4.69) is 6.58 Å². The minimum absolute atomic E-state index is 0.302. The Balaban J connectivity index is 1.88. The lowest BCUT2D eigenvalue weighted by molar-refractivity contribution is 0.0632. The Labute approximate surface area is 204 Å². The molecule has 2 aromatic rings. The summed E-state index contributed by atoms with van der Waals surface area (Å²) in [4.78, 5) is 0. The Kier molecular flexibility index (Phi) is 9.99. The Hall–Kier alpha value is -2.35. The first-order valence-electron chi connectivity index (χ1n) is 11.9. The number of ether oxygens (including phenoxy) is 3. The molecule has 186 valence electrons. The molecule has 0 spiro atoms. The fourth-order valence-corrected chi connectivity index (χ4v) is 6.39. The average molecular weight is 488 g/mol. The zero-order valence-electron chi connectivity index (χ0n) is 20.3. The molecule has 3 rings (SSSR count). The van der Waals surface area contributed by atoms with Crippen LogP contribution in [0.2, 0.25) is 0 Å². The minimum Gasteiger partial charge on any atom is -0.497 e. The molecular weight excluding hydrogens is 450 g/mol. The van der Waals surface area contributed by atoms with Gasteiger partial charge in [0.2, 0.25) is 10.0 Å². The number of rotatable bonds is 13. The lowest BCUT2D eigenvalue weighted by Gasteiger charge is -2.31. The molecule has 0 bridgehead atoms. The molecule has 0 saturated carbocycles. The Morgan fingerprint density at radius 1 is 0.971 bits per heavy atom. The summed E-state index contributed by atoms with van der Waals surface area (Å²) in [6.45, 7) is 5.84. The van der Waals surface area contributed by atoms with E-state index in [0.717, 1.165) is 35.5 Å². The molecule has 0 aliphatic carbocycles. The third-order valence-electron chi connectivity index (χ3n) is 6.45. The van der Waals surface area contributed by atoms with E-state index in [-0.39, 0.29) is 0 Å². The molecule has 1 heterocycles. The van der Waals surface area contributed by atoms with E-state index >= 15 is 0 Å². The molecule has 7 heteroatoms. The van der Waals surface area contributed by atoms with Crippen LogP contribution in [0, 0.1) is 5.92 Å². The summed E-state index contributed by atoms with van der Waals surface area (Å²) >= 11 is 0. The van der Waals surface area contributed by atoms with Gasteiger partial charge in [-0.15, -0.1) is 6.58 Å². The van der Waals surface area contributed by atoms with E-state index in [1.165, 1.54) is 0 Å². The van der Waals surface area contributed by atoms with Crippen molar-refractivity contribution in [2.45, 2.75) is 50.4 Å². The Bertz CT molecular complexity index is 933. The highest BCUT2D eigenvalue weighted by Gasteiger charge is 2.34. The van der Waals surface area contributed by atoms with E-state index in [9.17, 15) is 8.42 Å². The van der Waals surface area contributed by atoms with Gasteiger partial charge in [0.1, 0.15) is 11.5 Å². The quantitative estimate of drug-likeness (QED) is 0.364. The summed E-state index contributed by atoms with van der Waals surface area (Å²) in [5, 5.41) is -0.454. The third-order valence-corrected chi connectivity index (χ3v) is 8.70. The number of benzene rings is 2. The Morgan fingerprint density at radius 2 is 1.47 bits per heavy atom. The fraction of sp³-hybridized carbons (Fsp3) is 0.481. The van der Waals surface area contributed by atoms with E-state index in [0.29, 0.717) is 51.5 Å². The molecular formula is C27H37NO5S. The van der Waals surface area contributed by atoms with Gasteiger partial charge in [-0.2, -0.15) is 4.31 Å². The average Bonchev–Trinajstić information content (AvgIpc) is 2.87. The van der Waals surface area contributed by atoms with Gasteiger partial charge in [-0.3, -0.25) is 0 Å². The molecule has 0 amide bonds. The largest absolute Gasteiger partial charge is 0.497 e. The summed E-state index contributed by atoms with van der Waals surface area (Å²) in [6, 6.07) is 15.2.